The molecule has 0 aromatic carbocycles. The molecule has 1 N–H and O–H groups in total. The maximum atomic E-state index is 7.89. The van der Waals surface area contributed by atoms with E-state index in [1.165, 1.54) is 6.42 Å². The SMILES string of the molecule is c1coc(C2(C3CCCCO3)OC(N3CCCCC3)(N3CCNCC3)OC2(N2CCCC2)N2CCOCC2)c1. The molecule has 0 saturated carbocycles. The molecule has 4 unspecified atom stereocenters. The van der Waals surface area contributed by atoms with Gasteiger partial charge in [-0.3, -0.25) is 14.5 Å². The molecule has 7 rings (SSSR count). The van der Waals surface area contributed by atoms with Gasteiger partial charge in [0.1, 0.15) is 5.76 Å². The predicted octanol–water partition coefficient (Wildman–Crippen LogP) is 2.18. The first-order chi connectivity index (χ1) is 19.3. The van der Waals surface area contributed by atoms with Gasteiger partial charge in [-0.15, -0.1) is 0 Å². The molecule has 6 fully saturated rings. The van der Waals surface area contributed by atoms with E-state index in [-0.39, 0.29) is 6.10 Å². The Balaban J connectivity index is 1.46. The number of likely N-dealkylation sites (tertiary alicyclic amines) is 2. The summed E-state index contributed by atoms with van der Waals surface area (Å²) in [6, 6.07) is 3.11. The fourth-order valence-electron chi connectivity index (χ4n) is 8.02. The van der Waals surface area contributed by atoms with Gasteiger partial charge in [0.15, 0.2) is 0 Å². The van der Waals surface area contributed by atoms with Crippen LogP contribution in [0.2, 0.25) is 0 Å². The van der Waals surface area contributed by atoms with Crippen molar-refractivity contribution in [1.29, 1.82) is 0 Å². The molecular formula is C29H47N5O5. The van der Waals surface area contributed by atoms with Crippen molar-refractivity contribution in [3.63, 3.8) is 0 Å². The Morgan fingerprint density at radius 3 is 2.08 bits per heavy atom. The molecule has 0 radical (unpaired) electrons. The second-order valence-electron chi connectivity index (χ2n) is 12.0. The Kier molecular flexibility index (Phi) is 7.77. The standard InChI is InChI=1S/C29H47N5O5/c1-3-15-33(16-4-1)29(34-17-11-30-12-18-34)38-27(26-10-8-22-37-26,25-9-2-7-21-36-25)28(39-29,31-13-5-6-14-31)32-19-23-35-24-20-32/h8,10,22,25,30H,1-7,9,11-21,23-24H2. The van der Waals surface area contributed by atoms with Crippen molar-refractivity contribution in [3.05, 3.63) is 24.2 Å². The fourth-order valence-corrected chi connectivity index (χ4v) is 8.02. The van der Waals surface area contributed by atoms with E-state index in [4.69, 9.17) is 23.4 Å². The molecule has 0 bridgehead atoms. The molecule has 4 atom stereocenters. The van der Waals surface area contributed by atoms with Gasteiger partial charge in [-0.2, -0.15) is 0 Å². The van der Waals surface area contributed by atoms with Crippen LogP contribution < -0.4 is 5.32 Å². The van der Waals surface area contributed by atoms with Crippen molar-refractivity contribution in [3.8, 4) is 0 Å². The van der Waals surface area contributed by atoms with Crippen LogP contribution in [0.25, 0.3) is 0 Å². The molecule has 7 heterocycles. The second-order valence-corrected chi connectivity index (χ2v) is 12.0. The summed E-state index contributed by atoms with van der Waals surface area (Å²) in [6.07, 6.45) is 10.6. The molecule has 10 nitrogen and oxygen atoms in total. The van der Waals surface area contributed by atoms with Gasteiger partial charge in [0.2, 0.25) is 11.4 Å². The molecule has 1 aromatic heterocycles. The van der Waals surface area contributed by atoms with Crippen molar-refractivity contribution >= 4 is 0 Å². The van der Waals surface area contributed by atoms with Crippen LogP contribution in [0.4, 0.5) is 0 Å². The van der Waals surface area contributed by atoms with E-state index in [9.17, 15) is 0 Å². The maximum Gasteiger partial charge on any atom is 0.301 e. The Morgan fingerprint density at radius 1 is 0.692 bits per heavy atom. The van der Waals surface area contributed by atoms with Crippen molar-refractivity contribution in [2.24, 2.45) is 0 Å². The van der Waals surface area contributed by atoms with Gasteiger partial charge in [-0.25, -0.2) is 9.80 Å². The molecule has 1 aromatic rings. The summed E-state index contributed by atoms with van der Waals surface area (Å²) < 4.78 is 34.8. The van der Waals surface area contributed by atoms with Gasteiger partial charge in [0.25, 0.3) is 0 Å². The van der Waals surface area contributed by atoms with Crippen LogP contribution in [0.3, 0.4) is 0 Å². The van der Waals surface area contributed by atoms with E-state index in [0.717, 1.165) is 123 Å². The number of nitrogens with one attached hydrogen (secondary N) is 1. The minimum atomic E-state index is -1.00. The average Bonchev–Trinajstić information content (AvgIpc) is 3.80. The van der Waals surface area contributed by atoms with Crippen LogP contribution in [0, 0.1) is 0 Å². The second kappa shape index (κ2) is 11.3. The highest BCUT2D eigenvalue weighted by Gasteiger charge is 2.78. The minimum Gasteiger partial charge on any atom is -0.466 e. The summed E-state index contributed by atoms with van der Waals surface area (Å²) >= 11 is 0. The largest absolute Gasteiger partial charge is 0.466 e. The molecule has 0 spiro atoms. The fraction of sp³-hybridized carbons (Fsp3) is 0.862. The number of morpholine rings is 1. The highest BCUT2D eigenvalue weighted by Crippen LogP contribution is 2.60. The Hall–Kier alpha value is -1.08. The number of hydrogen-bond acceptors (Lipinski definition) is 10. The summed E-state index contributed by atoms with van der Waals surface area (Å²) in [4.78, 5) is 10.1. The van der Waals surface area contributed by atoms with Gasteiger partial charge in [0.05, 0.1) is 25.6 Å². The molecule has 6 aliphatic heterocycles. The van der Waals surface area contributed by atoms with Crippen LogP contribution in [0.15, 0.2) is 22.8 Å². The maximum absolute atomic E-state index is 7.89. The quantitative estimate of drug-likeness (QED) is 0.575. The first-order valence-electron chi connectivity index (χ1n) is 15.6. The lowest BCUT2D eigenvalue weighted by Crippen LogP contribution is -2.74. The minimum absolute atomic E-state index is 0.185. The van der Waals surface area contributed by atoms with Crippen LogP contribution in [0.5, 0.6) is 0 Å². The topological polar surface area (TPSA) is 75.1 Å². The summed E-state index contributed by atoms with van der Waals surface area (Å²) in [6.45, 7) is 11.1. The van der Waals surface area contributed by atoms with Crippen LogP contribution in [-0.2, 0) is 24.5 Å². The monoisotopic (exact) mass is 545 g/mol. The molecule has 0 amide bonds. The first-order valence-corrected chi connectivity index (χ1v) is 15.6. The average molecular weight is 546 g/mol. The van der Waals surface area contributed by atoms with Gasteiger partial charge < -0.3 is 23.9 Å². The van der Waals surface area contributed by atoms with Gasteiger partial charge in [-0.05, 0) is 57.1 Å². The first kappa shape index (κ1) is 26.8. The number of piperidine rings is 1. The zero-order valence-electron chi connectivity index (χ0n) is 23.5. The van der Waals surface area contributed by atoms with Crippen molar-refractivity contribution in [2.45, 2.75) is 75.0 Å². The molecule has 6 saturated heterocycles. The number of hydrogen-bond donors (Lipinski definition) is 1. The highest BCUT2D eigenvalue weighted by molar-refractivity contribution is 5.24. The molecule has 39 heavy (non-hydrogen) atoms. The lowest BCUT2D eigenvalue weighted by Gasteiger charge is -2.55. The zero-order valence-corrected chi connectivity index (χ0v) is 23.5. The van der Waals surface area contributed by atoms with E-state index < -0.39 is 17.5 Å². The van der Waals surface area contributed by atoms with E-state index in [0.29, 0.717) is 13.2 Å². The van der Waals surface area contributed by atoms with Crippen molar-refractivity contribution < 1.29 is 23.4 Å². The van der Waals surface area contributed by atoms with Gasteiger partial charge in [-0.1, -0.05) is 6.42 Å². The number of nitrogens with zero attached hydrogens (tertiary/aromatic N) is 4. The lowest BCUT2D eigenvalue weighted by molar-refractivity contribution is -0.389. The van der Waals surface area contributed by atoms with Crippen molar-refractivity contribution in [1.82, 2.24) is 24.9 Å². The van der Waals surface area contributed by atoms with Crippen LogP contribution in [0.1, 0.15) is 57.1 Å². The van der Waals surface area contributed by atoms with Gasteiger partial charge >= 0.3 is 6.03 Å². The van der Waals surface area contributed by atoms with Gasteiger partial charge in [0, 0.05) is 72.1 Å². The van der Waals surface area contributed by atoms with E-state index >= 15 is 0 Å². The van der Waals surface area contributed by atoms with E-state index in [1.54, 1.807) is 6.26 Å². The van der Waals surface area contributed by atoms with Crippen LogP contribution in [-0.4, -0.2) is 123 Å². The third-order valence-corrected chi connectivity index (χ3v) is 9.82. The molecule has 218 valence electrons. The zero-order chi connectivity index (χ0) is 26.2. The van der Waals surface area contributed by atoms with E-state index in [2.05, 4.69) is 31.0 Å². The summed E-state index contributed by atoms with van der Waals surface area (Å²) in [5, 5.41) is 3.56. The number of ether oxygens (including phenoxy) is 4. The normalized spacial score (nSPS) is 40.4. The summed E-state index contributed by atoms with van der Waals surface area (Å²) in [5.41, 5.74) is -0.957. The number of rotatable bonds is 6. The molecular weight excluding hydrogens is 498 g/mol. The highest BCUT2D eigenvalue weighted by atomic mass is 16.8. The molecule has 0 aliphatic carbocycles. The third kappa shape index (κ3) is 4.33. The molecule has 10 heteroatoms. The van der Waals surface area contributed by atoms with Crippen LogP contribution >= 0.6 is 0 Å². The Bertz CT molecular complexity index is 903. The molecule has 6 aliphatic rings. The van der Waals surface area contributed by atoms with Crippen molar-refractivity contribution in [2.75, 3.05) is 85.3 Å². The number of piperazine rings is 1. The Morgan fingerprint density at radius 2 is 1.38 bits per heavy atom. The predicted molar refractivity (Wildman–Crippen MR) is 145 cm³/mol. The Labute approximate surface area is 232 Å². The summed E-state index contributed by atoms with van der Waals surface area (Å²) in [7, 11) is 0. The summed E-state index contributed by atoms with van der Waals surface area (Å²) in [5.74, 6) is -0.0584. The lowest BCUT2D eigenvalue weighted by atomic mass is 9.81. The number of furan rings is 1. The third-order valence-electron chi connectivity index (χ3n) is 9.82. The smallest absolute Gasteiger partial charge is 0.301 e. The van der Waals surface area contributed by atoms with E-state index in [1.807, 2.05) is 6.07 Å².